The molecule has 1 atom stereocenters. The number of hydrogen-bond donors (Lipinski definition) is 1. The lowest BCUT2D eigenvalue weighted by Gasteiger charge is -2.45. The van der Waals surface area contributed by atoms with Gasteiger partial charge in [0.2, 0.25) is 0 Å². The molecule has 3 heterocycles. The molecule has 1 aliphatic rings. The van der Waals surface area contributed by atoms with E-state index in [0.29, 0.717) is 6.42 Å². The average molecular weight is 429 g/mol. The van der Waals surface area contributed by atoms with Crippen LogP contribution in [0.25, 0.3) is 0 Å². The van der Waals surface area contributed by atoms with E-state index in [-0.39, 0.29) is 5.54 Å². The summed E-state index contributed by atoms with van der Waals surface area (Å²) in [5.74, 6) is 0. The van der Waals surface area contributed by atoms with Crippen molar-refractivity contribution in [3.05, 3.63) is 83.4 Å². The lowest BCUT2D eigenvalue weighted by Crippen LogP contribution is -2.55. The number of pyridine rings is 1. The highest BCUT2D eigenvalue weighted by atomic mass is 19.4. The van der Waals surface area contributed by atoms with Crippen molar-refractivity contribution < 1.29 is 13.2 Å². The smallest absolute Gasteiger partial charge is 0.300 e. The van der Waals surface area contributed by atoms with Gasteiger partial charge in [0.15, 0.2) is 0 Å². The maximum atomic E-state index is 12.7. The van der Waals surface area contributed by atoms with E-state index in [2.05, 4.69) is 56.2 Å². The zero-order valence-electron chi connectivity index (χ0n) is 17.4. The van der Waals surface area contributed by atoms with E-state index in [9.17, 15) is 13.2 Å². The second-order valence-electron chi connectivity index (χ2n) is 8.04. The number of rotatable bonds is 6. The number of benzene rings is 1. The Balaban J connectivity index is 1.38. The summed E-state index contributed by atoms with van der Waals surface area (Å²) >= 11 is 0. The fourth-order valence-electron chi connectivity index (χ4n) is 4.24. The Kier molecular flexibility index (Phi) is 6.11. The summed E-state index contributed by atoms with van der Waals surface area (Å²) in [5, 5.41) is 7.32. The minimum Gasteiger partial charge on any atom is -0.300 e. The van der Waals surface area contributed by atoms with Crippen molar-refractivity contribution >= 4 is 0 Å². The van der Waals surface area contributed by atoms with Crippen LogP contribution in [0, 0.1) is 0 Å². The molecule has 1 aromatic carbocycles. The first-order valence-electron chi connectivity index (χ1n) is 10.4. The van der Waals surface area contributed by atoms with Gasteiger partial charge in [0.05, 0.1) is 11.2 Å². The van der Waals surface area contributed by atoms with E-state index in [4.69, 9.17) is 0 Å². The fraction of sp³-hybridized carbons (Fsp3) is 0.391. The van der Waals surface area contributed by atoms with E-state index in [0.717, 1.165) is 50.0 Å². The van der Waals surface area contributed by atoms with E-state index in [1.165, 1.54) is 17.8 Å². The molecule has 1 aliphatic heterocycles. The number of aromatic amines is 1. The highest BCUT2D eigenvalue weighted by molar-refractivity contribution is 5.33. The number of aromatic nitrogens is 3. The molecule has 3 aromatic rings. The van der Waals surface area contributed by atoms with Crippen molar-refractivity contribution in [2.24, 2.45) is 0 Å². The Labute approximate surface area is 179 Å². The standard InChI is InChI=1S/C23H26F3N5/c1-22(20-9-11-28-29-20,19-5-3-2-4-6-19)31-15-13-30(14-16-31)12-10-18-7-8-21(27-17-18)23(24,25)26/h2-9,11,17H,10,12-16H2,1H3,(H,28,29). The van der Waals surface area contributed by atoms with Crippen LogP contribution < -0.4 is 0 Å². The molecule has 0 aliphatic carbocycles. The summed E-state index contributed by atoms with van der Waals surface area (Å²) in [4.78, 5) is 8.38. The highest BCUT2D eigenvalue weighted by Gasteiger charge is 2.38. The van der Waals surface area contributed by atoms with Gasteiger partial charge in [0.1, 0.15) is 5.69 Å². The Hall–Kier alpha value is -2.71. The van der Waals surface area contributed by atoms with Crippen LogP contribution in [0.2, 0.25) is 0 Å². The predicted molar refractivity (Wildman–Crippen MR) is 112 cm³/mol. The minimum absolute atomic E-state index is 0.304. The maximum absolute atomic E-state index is 12.7. The number of H-pyrrole nitrogens is 1. The van der Waals surface area contributed by atoms with Crippen LogP contribution in [0.5, 0.6) is 0 Å². The van der Waals surface area contributed by atoms with Crippen molar-refractivity contribution in [1.29, 1.82) is 0 Å². The summed E-state index contributed by atoms with van der Waals surface area (Å²) in [5.41, 5.74) is 1.94. The Morgan fingerprint density at radius 2 is 1.71 bits per heavy atom. The van der Waals surface area contributed by atoms with E-state index in [1.807, 2.05) is 12.1 Å². The van der Waals surface area contributed by atoms with E-state index >= 15 is 0 Å². The van der Waals surface area contributed by atoms with Gasteiger partial charge in [-0.2, -0.15) is 18.3 Å². The summed E-state index contributed by atoms with van der Waals surface area (Å²) in [6, 6.07) is 15.0. The van der Waals surface area contributed by atoms with Crippen LogP contribution in [0.1, 0.15) is 29.4 Å². The monoisotopic (exact) mass is 429 g/mol. The number of halogens is 3. The number of alkyl halides is 3. The third-order valence-corrected chi connectivity index (χ3v) is 6.20. The molecule has 164 valence electrons. The van der Waals surface area contributed by atoms with Crippen LogP contribution >= 0.6 is 0 Å². The molecular weight excluding hydrogens is 403 g/mol. The molecule has 8 heteroatoms. The molecule has 5 nitrogen and oxygen atoms in total. The SMILES string of the molecule is CC(c1ccccc1)(c1ccn[nH]1)N1CCN(CCc2ccc(C(F)(F)F)nc2)CC1. The Morgan fingerprint density at radius 1 is 0.968 bits per heavy atom. The molecule has 0 amide bonds. The molecule has 31 heavy (non-hydrogen) atoms. The number of piperazine rings is 1. The molecule has 2 aromatic heterocycles. The topological polar surface area (TPSA) is 48.1 Å². The highest BCUT2D eigenvalue weighted by Crippen LogP contribution is 2.35. The molecule has 1 unspecified atom stereocenters. The summed E-state index contributed by atoms with van der Waals surface area (Å²) < 4.78 is 38.0. The van der Waals surface area contributed by atoms with Gasteiger partial charge in [-0.25, -0.2) is 0 Å². The summed E-state index contributed by atoms with van der Waals surface area (Å²) in [6.07, 6.45) is -0.592. The van der Waals surface area contributed by atoms with Crippen LogP contribution in [0.3, 0.4) is 0 Å². The van der Waals surface area contributed by atoms with Gasteiger partial charge in [-0.15, -0.1) is 0 Å². The van der Waals surface area contributed by atoms with Crippen LogP contribution in [-0.4, -0.2) is 57.7 Å². The quantitative estimate of drug-likeness (QED) is 0.645. The molecule has 1 saturated heterocycles. The molecule has 0 spiro atoms. The largest absolute Gasteiger partial charge is 0.433 e. The number of nitrogens with one attached hydrogen (secondary N) is 1. The van der Waals surface area contributed by atoms with Crippen LogP contribution in [-0.2, 0) is 18.1 Å². The van der Waals surface area contributed by atoms with Crippen molar-refractivity contribution in [2.45, 2.75) is 25.1 Å². The number of hydrogen-bond acceptors (Lipinski definition) is 4. The lowest BCUT2D eigenvalue weighted by atomic mass is 9.86. The summed E-state index contributed by atoms with van der Waals surface area (Å²) in [6.45, 7) is 6.58. The van der Waals surface area contributed by atoms with Gasteiger partial charge in [-0.05, 0) is 36.6 Å². The maximum Gasteiger partial charge on any atom is 0.433 e. The Bertz CT molecular complexity index is 949. The molecule has 0 bridgehead atoms. The molecular formula is C23H26F3N5. The third kappa shape index (κ3) is 4.65. The zero-order valence-corrected chi connectivity index (χ0v) is 17.4. The molecule has 0 radical (unpaired) electrons. The van der Waals surface area contributed by atoms with Crippen molar-refractivity contribution in [3.8, 4) is 0 Å². The third-order valence-electron chi connectivity index (χ3n) is 6.20. The van der Waals surface area contributed by atoms with Crippen LogP contribution in [0.15, 0.2) is 60.9 Å². The van der Waals surface area contributed by atoms with Gasteiger partial charge >= 0.3 is 6.18 Å². The fourth-order valence-corrected chi connectivity index (χ4v) is 4.24. The lowest BCUT2D eigenvalue weighted by molar-refractivity contribution is -0.141. The van der Waals surface area contributed by atoms with Gasteiger partial charge in [-0.1, -0.05) is 36.4 Å². The normalized spacial score (nSPS) is 18.1. The van der Waals surface area contributed by atoms with E-state index < -0.39 is 11.9 Å². The first kappa shape index (κ1) is 21.5. The van der Waals surface area contributed by atoms with E-state index in [1.54, 1.807) is 6.20 Å². The minimum atomic E-state index is -4.39. The van der Waals surface area contributed by atoms with Gasteiger partial charge in [0.25, 0.3) is 0 Å². The van der Waals surface area contributed by atoms with Gasteiger partial charge in [-0.3, -0.25) is 15.0 Å². The number of nitrogens with zero attached hydrogens (tertiary/aromatic N) is 4. The second-order valence-corrected chi connectivity index (χ2v) is 8.04. The van der Waals surface area contributed by atoms with Gasteiger partial charge in [0, 0.05) is 45.1 Å². The van der Waals surface area contributed by atoms with Crippen molar-refractivity contribution in [1.82, 2.24) is 25.0 Å². The van der Waals surface area contributed by atoms with Crippen LogP contribution in [0.4, 0.5) is 13.2 Å². The van der Waals surface area contributed by atoms with Gasteiger partial charge < -0.3 is 4.90 Å². The molecule has 0 saturated carbocycles. The first-order valence-corrected chi connectivity index (χ1v) is 10.4. The predicted octanol–water partition coefficient (Wildman–Crippen LogP) is 3.95. The first-order chi connectivity index (χ1) is 14.9. The van der Waals surface area contributed by atoms with Crippen molar-refractivity contribution in [2.75, 3.05) is 32.7 Å². The second kappa shape index (κ2) is 8.80. The molecule has 1 fully saturated rings. The summed E-state index contributed by atoms with van der Waals surface area (Å²) in [7, 11) is 0. The molecule has 1 N–H and O–H groups in total. The van der Waals surface area contributed by atoms with Crippen molar-refractivity contribution in [3.63, 3.8) is 0 Å². The Morgan fingerprint density at radius 3 is 2.29 bits per heavy atom. The average Bonchev–Trinajstić information content (AvgIpc) is 3.33. The zero-order chi connectivity index (χ0) is 21.9. The molecule has 4 rings (SSSR count).